The number of carbonyl (C=O) groups is 2. The van der Waals surface area contributed by atoms with E-state index < -0.39 is 12.2 Å². The second-order valence-electron chi connectivity index (χ2n) is 3.82. The van der Waals surface area contributed by atoms with E-state index >= 15 is 0 Å². The number of ether oxygens (including phenoxy) is 1. The number of aryl methyl sites for hydroxylation is 2. The molecule has 0 aliphatic heterocycles. The first-order chi connectivity index (χ1) is 8.42. The molecule has 2 amide bonds. The third-order valence-electron chi connectivity index (χ3n) is 2.08. The molecule has 1 rings (SSSR count). The number of carbonyl (C=O) groups excluding carboxylic acids is 2. The molecule has 0 heterocycles. The van der Waals surface area contributed by atoms with Crippen LogP contribution in [0.2, 0.25) is 0 Å². The molecule has 0 unspecified atom stereocenters. The summed E-state index contributed by atoms with van der Waals surface area (Å²) in [5, 5.41) is 2.94. The van der Waals surface area contributed by atoms with Gasteiger partial charge in [-0.25, -0.2) is 9.59 Å². The zero-order chi connectivity index (χ0) is 13.7. The highest BCUT2D eigenvalue weighted by atomic mass is 16.8. The van der Waals surface area contributed by atoms with Gasteiger partial charge in [-0.05, 0) is 37.1 Å². The fraction of sp³-hybridized carbons (Fsp3) is 0.333. The van der Waals surface area contributed by atoms with Crippen molar-refractivity contribution in [2.45, 2.75) is 13.8 Å². The van der Waals surface area contributed by atoms with Crippen molar-refractivity contribution in [3.8, 4) is 5.75 Å². The highest BCUT2D eigenvalue weighted by Gasteiger charge is 2.15. The van der Waals surface area contributed by atoms with Gasteiger partial charge in [-0.2, -0.15) is 0 Å². The van der Waals surface area contributed by atoms with Crippen molar-refractivity contribution < 1.29 is 19.2 Å². The molecule has 1 aromatic carbocycles. The monoisotopic (exact) mass is 252 g/mol. The van der Waals surface area contributed by atoms with E-state index in [1.165, 1.54) is 14.1 Å². The summed E-state index contributed by atoms with van der Waals surface area (Å²) in [5.74, 6) is 0.407. The van der Waals surface area contributed by atoms with E-state index in [1.54, 1.807) is 12.1 Å². The quantitative estimate of drug-likeness (QED) is 0.776. The molecule has 0 spiro atoms. The van der Waals surface area contributed by atoms with Crippen LogP contribution in [0.3, 0.4) is 0 Å². The molecule has 0 radical (unpaired) electrons. The zero-order valence-corrected chi connectivity index (χ0v) is 10.8. The molecule has 0 atom stereocenters. The fourth-order valence-corrected chi connectivity index (χ4v) is 1.36. The van der Waals surface area contributed by atoms with Crippen LogP contribution in [-0.2, 0) is 4.84 Å². The molecule has 1 aromatic rings. The number of hydrogen-bond donors (Lipinski definition) is 1. The van der Waals surface area contributed by atoms with Gasteiger partial charge in [-0.15, -0.1) is 5.06 Å². The predicted molar refractivity (Wildman–Crippen MR) is 65.2 cm³/mol. The van der Waals surface area contributed by atoms with Gasteiger partial charge >= 0.3 is 12.2 Å². The highest BCUT2D eigenvalue weighted by molar-refractivity contribution is 5.73. The third kappa shape index (κ3) is 3.97. The van der Waals surface area contributed by atoms with E-state index in [1.807, 2.05) is 19.9 Å². The van der Waals surface area contributed by atoms with Crippen LogP contribution in [0.25, 0.3) is 0 Å². The van der Waals surface area contributed by atoms with Gasteiger partial charge in [0.25, 0.3) is 0 Å². The Morgan fingerprint density at radius 2 is 1.72 bits per heavy atom. The number of nitrogens with one attached hydrogen (secondary N) is 1. The maximum Gasteiger partial charge on any atom is 0.448 e. The lowest BCUT2D eigenvalue weighted by molar-refractivity contribution is -0.0518. The lowest BCUT2D eigenvalue weighted by Crippen LogP contribution is -2.35. The van der Waals surface area contributed by atoms with E-state index in [-0.39, 0.29) is 0 Å². The Hall–Kier alpha value is -2.24. The summed E-state index contributed by atoms with van der Waals surface area (Å²) in [4.78, 5) is 27.1. The molecule has 18 heavy (non-hydrogen) atoms. The molecule has 1 N–H and O–H groups in total. The summed E-state index contributed by atoms with van der Waals surface area (Å²) in [7, 11) is 2.69. The number of hydroxylamine groups is 2. The molecule has 0 saturated heterocycles. The third-order valence-corrected chi connectivity index (χ3v) is 2.08. The first-order valence-electron chi connectivity index (χ1n) is 5.36. The Balaban J connectivity index is 2.66. The van der Waals surface area contributed by atoms with E-state index in [0.29, 0.717) is 5.75 Å². The van der Waals surface area contributed by atoms with E-state index in [2.05, 4.69) is 10.2 Å². The van der Waals surface area contributed by atoms with Crippen molar-refractivity contribution in [1.82, 2.24) is 10.4 Å². The van der Waals surface area contributed by atoms with E-state index in [4.69, 9.17) is 4.74 Å². The summed E-state index contributed by atoms with van der Waals surface area (Å²) in [6.07, 6.45) is -1.52. The first-order valence-corrected chi connectivity index (χ1v) is 5.36. The van der Waals surface area contributed by atoms with Crippen LogP contribution in [0.5, 0.6) is 5.75 Å². The molecule has 6 heteroatoms. The molecule has 0 aliphatic rings. The Bertz CT molecular complexity index is 439. The maximum atomic E-state index is 11.6. The van der Waals surface area contributed by atoms with Gasteiger partial charge in [-0.1, -0.05) is 6.07 Å². The molecule has 98 valence electrons. The minimum Gasteiger partial charge on any atom is -0.408 e. The van der Waals surface area contributed by atoms with Crippen LogP contribution < -0.4 is 10.1 Å². The van der Waals surface area contributed by atoms with Gasteiger partial charge < -0.3 is 14.9 Å². The summed E-state index contributed by atoms with van der Waals surface area (Å²) < 4.78 is 5.07. The number of rotatable bonds is 1. The van der Waals surface area contributed by atoms with Crippen molar-refractivity contribution in [2.75, 3.05) is 14.1 Å². The van der Waals surface area contributed by atoms with Gasteiger partial charge in [0.1, 0.15) is 5.75 Å². The van der Waals surface area contributed by atoms with Crippen molar-refractivity contribution in [3.05, 3.63) is 29.3 Å². The molecular weight excluding hydrogens is 236 g/mol. The average molecular weight is 252 g/mol. The van der Waals surface area contributed by atoms with Crippen molar-refractivity contribution in [1.29, 1.82) is 0 Å². The van der Waals surface area contributed by atoms with Crippen LogP contribution >= 0.6 is 0 Å². The van der Waals surface area contributed by atoms with Crippen molar-refractivity contribution >= 4 is 12.2 Å². The molecule has 0 fully saturated rings. The van der Waals surface area contributed by atoms with Gasteiger partial charge in [0.15, 0.2) is 0 Å². The summed E-state index contributed by atoms with van der Waals surface area (Å²) >= 11 is 0. The van der Waals surface area contributed by atoms with Crippen molar-refractivity contribution in [2.24, 2.45) is 0 Å². The summed E-state index contributed by atoms with van der Waals surface area (Å²) in [6, 6.07) is 5.40. The first kappa shape index (κ1) is 13.8. The van der Waals surface area contributed by atoms with Crippen LogP contribution in [0.4, 0.5) is 9.59 Å². The van der Waals surface area contributed by atoms with E-state index in [0.717, 1.165) is 16.2 Å². The van der Waals surface area contributed by atoms with Gasteiger partial charge in [0.2, 0.25) is 0 Å². The predicted octanol–water partition coefficient (Wildman–Crippen LogP) is 2.01. The highest BCUT2D eigenvalue weighted by Crippen LogP contribution is 2.16. The molecular formula is C12H16N2O4. The second-order valence-corrected chi connectivity index (χ2v) is 3.82. The van der Waals surface area contributed by atoms with E-state index in [9.17, 15) is 9.59 Å². The summed E-state index contributed by atoms with van der Waals surface area (Å²) in [6.45, 7) is 3.80. The fourth-order valence-electron chi connectivity index (χ4n) is 1.36. The molecule has 6 nitrogen and oxygen atoms in total. The summed E-state index contributed by atoms with van der Waals surface area (Å²) in [5.41, 5.74) is 1.96. The molecule has 0 saturated carbocycles. The zero-order valence-electron chi connectivity index (χ0n) is 10.8. The topological polar surface area (TPSA) is 67.9 Å². The molecule has 0 aliphatic carbocycles. The van der Waals surface area contributed by atoms with Crippen LogP contribution in [0.1, 0.15) is 11.1 Å². The second kappa shape index (κ2) is 5.90. The number of amides is 2. The minimum atomic E-state index is -0.774. The van der Waals surface area contributed by atoms with Crippen LogP contribution in [-0.4, -0.2) is 31.3 Å². The molecule has 0 aromatic heterocycles. The van der Waals surface area contributed by atoms with Gasteiger partial charge in [0.05, 0.1) is 7.05 Å². The Morgan fingerprint density at radius 1 is 1.17 bits per heavy atom. The lowest BCUT2D eigenvalue weighted by Gasteiger charge is -2.15. The van der Waals surface area contributed by atoms with Gasteiger partial charge in [-0.3, -0.25) is 0 Å². The van der Waals surface area contributed by atoms with Gasteiger partial charge in [0, 0.05) is 7.05 Å². The van der Waals surface area contributed by atoms with Crippen LogP contribution in [0, 0.1) is 13.8 Å². The SMILES string of the molecule is CNC(=O)ON(C)C(=O)Oc1cc(C)cc(C)c1. The average Bonchev–Trinajstić information content (AvgIpc) is 2.27. The van der Waals surface area contributed by atoms with Crippen molar-refractivity contribution in [3.63, 3.8) is 0 Å². The Kier molecular flexibility index (Phi) is 4.53. The number of hydrogen-bond acceptors (Lipinski definition) is 4. The van der Waals surface area contributed by atoms with Crippen LogP contribution in [0.15, 0.2) is 18.2 Å². The molecule has 0 bridgehead atoms. The Morgan fingerprint density at radius 3 is 2.22 bits per heavy atom. The lowest BCUT2D eigenvalue weighted by atomic mass is 10.1. The standard InChI is InChI=1S/C12H16N2O4/c1-8-5-9(2)7-10(6-8)17-12(16)14(4)18-11(15)13-3/h5-7H,1-4H3,(H,13,15). The minimum absolute atomic E-state index is 0.407. The number of nitrogens with zero attached hydrogens (tertiary/aromatic N) is 1. The normalized spacial score (nSPS) is 9.56. The maximum absolute atomic E-state index is 11.6. The smallest absolute Gasteiger partial charge is 0.408 e. The number of benzene rings is 1. The Labute approximate surface area is 105 Å². The largest absolute Gasteiger partial charge is 0.448 e.